The summed E-state index contributed by atoms with van der Waals surface area (Å²) >= 11 is 1.54. The van der Waals surface area contributed by atoms with E-state index in [9.17, 15) is 4.79 Å². The summed E-state index contributed by atoms with van der Waals surface area (Å²) in [6, 6.07) is 10.2. The Labute approximate surface area is 163 Å². The molecule has 1 aromatic carbocycles. The van der Waals surface area contributed by atoms with E-state index in [0.717, 1.165) is 41.5 Å². The topological polar surface area (TPSA) is 60.7 Å². The highest BCUT2D eigenvalue weighted by Crippen LogP contribution is 2.34. The molecule has 1 atom stereocenters. The van der Waals surface area contributed by atoms with Gasteiger partial charge in [-0.3, -0.25) is 14.3 Å². The molecule has 27 heavy (non-hydrogen) atoms. The lowest BCUT2D eigenvalue weighted by atomic mass is 9.99. The SMILES string of the molecule is Cc1ccc(-n2c(S[C@H]3CCCCC3=O)nnc2-c2ccncc2)cc1C. The Hall–Kier alpha value is -2.47. The van der Waals surface area contributed by atoms with Crippen LogP contribution in [0.15, 0.2) is 47.9 Å². The van der Waals surface area contributed by atoms with E-state index >= 15 is 0 Å². The molecule has 1 saturated carbocycles. The number of aryl methyl sites for hydroxylation is 2. The molecule has 138 valence electrons. The largest absolute Gasteiger partial charge is 0.298 e. The average Bonchev–Trinajstić information content (AvgIpc) is 3.10. The van der Waals surface area contributed by atoms with E-state index < -0.39 is 0 Å². The summed E-state index contributed by atoms with van der Waals surface area (Å²) in [7, 11) is 0. The maximum absolute atomic E-state index is 12.3. The highest BCUT2D eigenvalue weighted by atomic mass is 32.2. The summed E-state index contributed by atoms with van der Waals surface area (Å²) in [6.07, 6.45) is 7.19. The Bertz CT molecular complexity index is 968. The lowest BCUT2D eigenvalue weighted by Crippen LogP contribution is -2.21. The molecular weight excluding hydrogens is 356 g/mol. The summed E-state index contributed by atoms with van der Waals surface area (Å²) in [5.74, 6) is 1.10. The number of rotatable bonds is 4. The Balaban J connectivity index is 1.80. The molecule has 2 heterocycles. The second kappa shape index (κ2) is 7.64. The van der Waals surface area contributed by atoms with Crippen LogP contribution in [-0.4, -0.2) is 30.8 Å². The molecule has 1 aliphatic carbocycles. The van der Waals surface area contributed by atoms with Gasteiger partial charge in [0.25, 0.3) is 0 Å². The van der Waals surface area contributed by atoms with Gasteiger partial charge in [0.05, 0.1) is 10.9 Å². The second-order valence-electron chi connectivity index (χ2n) is 6.96. The van der Waals surface area contributed by atoms with Gasteiger partial charge in [0.2, 0.25) is 0 Å². The van der Waals surface area contributed by atoms with Crippen molar-refractivity contribution in [1.82, 2.24) is 19.7 Å². The van der Waals surface area contributed by atoms with Gasteiger partial charge in [-0.1, -0.05) is 24.2 Å². The van der Waals surface area contributed by atoms with Crippen molar-refractivity contribution in [3.63, 3.8) is 0 Å². The van der Waals surface area contributed by atoms with E-state index in [1.54, 1.807) is 24.2 Å². The maximum atomic E-state index is 12.3. The lowest BCUT2D eigenvalue weighted by Gasteiger charge is -2.20. The second-order valence-corrected chi connectivity index (χ2v) is 8.13. The normalized spacial score (nSPS) is 17.3. The van der Waals surface area contributed by atoms with Crippen LogP contribution in [0.4, 0.5) is 0 Å². The number of hydrogen-bond donors (Lipinski definition) is 0. The molecule has 0 saturated heterocycles. The molecule has 3 aromatic rings. The first-order valence-corrected chi connectivity index (χ1v) is 10.1. The monoisotopic (exact) mass is 378 g/mol. The van der Waals surface area contributed by atoms with Crippen molar-refractivity contribution in [3.8, 4) is 17.1 Å². The first-order valence-electron chi connectivity index (χ1n) is 9.26. The number of thioether (sulfide) groups is 1. The molecule has 1 aliphatic rings. The number of carbonyl (C=O) groups excluding carboxylic acids is 1. The fourth-order valence-corrected chi connectivity index (χ4v) is 4.51. The number of carbonyl (C=O) groups is 1. The molecule has 0 bridgehead atoms. The predicted octanol–water partition coefficient (Wildman–Crippen LogP) is 4.55. The van der Waals surface area contributed by atoms with Crippen LogP contribution in [0.25, 0.3) is 17.1 Å². The number of nitrogens with zero attached hydrogens (tertiary/aromatic N) is 4. The van der Waals surface area contributed by atoms with Crippen LogP contribution in [0.3, 0.4) is 0 Å². The van der Waals surface area contributed by atoms with E-state index in [1.807, 2.05) is 12.1 Å². The van der Waals surface area contributed by atoms with Crippen LogP contribution in [0.1, 0.15) is 36.8 Å². The van der Waals surface area contributed by atoms with Crippen molar-refractivity contribution in [3.05, 3.63) is 53.9 Å². The zero-order chi connectivity index (χ0) is 18.8. The molecule has 1 fully saturated rings. The minimum atomic E-state index is -0.0291. The lowest BCUT2D eigenvalue weighted by molar-refractivity contribution is -0.119. The molecule has 0 N–H and O–H groups in total. The minimum absolute atomic E-state index is 0.0291. The predicted molar refractivity (Wildman–Crippen MR) is 107 cm³/mol. The summed E-state index contributed by atoms with van der Waals surface area (Å²) in [6.45, 7) is 4.21. The summed E-state index contributed by atoms with van der Waals surface area (Å²) in [4.78, 5) is 16.4. The Morgan fingerprint density at radius 2 is 1.85 bits per heavy atom. The minimum Gasteiger partial charge on any atom is -0.298 e. The van der Waals surface area contributed by atoms with Crippen LogP contribution >= 0.6 is 11.8 Å². The zero-order valence-electron chi connectivity index (χ0n) is 15.6. The average molecular weight is 379 g/mol. The van der Waals surface area contributed by atoms with Gasteiger partial charge in [-0.25, -0.2) is 0 Å². The first kappa shape index (κ1) is 17.9. The van der Waals surface area contributed by atoms with Gasteiger partial charge in [0.1, 0.15) is 5.78 Å². The van der Waals surface area contributed by atoms with Gasteiger partial charge >= 0.3 is 0 Å². The maximum Gasteiger partial charge on any atom is 0.196 e. The van der Waals surface area contributed by atoms with Gasteiger partial charge < -0.3 is 0 Å². The van der Waals surface area contributed by atoms with Crippen molar-refractivity contribution in [2.45, 2.75) is 49.9 Å². The van der Waals surface area contributed by atoms with Crippen LogP contribution in [-0.2, 0) is 4.79 Å². The van der Waals surface area contributed by atoms with Crippen molar-refractivity contribution < 1.29 is 4.79 Å². The Morgan fingerprint density at radius 1 is 1.04 bits per heavy atom. The third kappa shape index (κ3) is 3.67. The number of aromatic nitrogens is 4. The van der Waals surface area contributed by atoms with Gasteiger partial charge in [-0.2, -0.15) is 0 Å². The Morgan fingerprint density at radius 3 is 2.59 bits per heavy atom. The van der Waals surface area contributed by atoms with Crippen molar-refractivity contribution >= 4 is 17.5 Å². The van der Waals surface area contributed by atoms with Gasteiger partial charge in [0, 0.05) is 24.4 Å². The highest BCUT2D eigenvalue weighted by molar-refractivity contribution is 8.00. The standard InChI is InChI=1S/C21H22N4OS/c1-14-7-8-17(13-15(14)2)25-20(16-9-11-22-12-10-16)23-24-21(25)27-19-6-4-3-5-18(19)26/h7-13,19H,3-6H2,1-2H3/t19-/m0/s1. The van der Waals surface area contributed by atoms with Gasteiger partial charge in [0.15, 0.2) is 11.0 Å². The first-order chi connectivity index (χ1) is 13.1. The summed E-state index contributed by atoms with van der Waals surface area (Å²) < 4.78 is 2.06. The Kier molecular flexibility index (Phi) is 5.07. The van der Waals surface area contributed by atoms with Crippen LogP contribution in [0.5, 0.6) is 0 Å². The molecule has 0 unspecified atom stereocenters. The van der Waals surface area contributed by atoms with E-state index in [4.69, 9.17) is 0 Å². The van der Waals surface area contributed by atoms with E-state index in [1.165, 1.54) is 11.1 Å². The number of hydrogen-bond acceptors (Lipinski definition) is 5. The van der Waals surface area contributed by atoms with E-state index in [0.29, 0.717) is 12.2 Å². The molecule has 2 aromatic heterocycles. The van der Waals surface area contributed by atoms with Crippen molar-refractivity contribution in [1.29, 1.82) is 0 Å². The van der Waals surface area contributed by atoms with Crippen LogP contribution < -0.4 is 0 Å². The number of ketones is 1. The molecule has 0 aliphatic heterocycles. The molecule has 5 nitrogen and oxygen atoms in total. The number of benzene rings is 1. The fraction of sp³-hybridized carbons (Fsp3) is 0.333. The third-order valence-electron chi connectivity index (χ3n) is 5.07. The number of Topliss-reactive ketones (excluding diaryl/α,β-unsaturated/α-hetero) is 1. The quantitative estimate of drug-likeness (QED) is 0.666. The third-order valence-corrected chi connectivity index (χ3v) is 6.32. The highest BCUT2D eigenvalue weighted by Gasteiger charge is 2.27. The van der Waals surface area contributed by atoms with E-state index in [-0.39, 0.29) is 5.25 Å². The van der Waals surface area contributed by atoms with Crippen LogP contribution in [0.2, 0.25) is 0 Å². The molecule has 0 spiro atoms. The molecule has 0 amide bonds. The number of pyridine rings is 1. The molecule has 0 radical (unpaired) electrons. The fourth-order valence-electron chi connectivity index (χ4n) is 3.33. The molecule has 4 rings (SSSR count). The summed E-state index contributed by atoms with van der Waals surface area (Å²) in [5, 5.41) is 9.65. The van der Waals surface area contributed by atoms with E-state index in [2.05, 4.69) is 51.8 Å². The zero-order valence-corrected chi connectivity index (χ0v) is 16.4. The molecule has 6 heteroatoms. The van der Waals surface area contributed by atoms with Gasteiger partial charge in [-0.05, 0) is 62.1 Å². The van der Waals surface area contributed by atoms with Crippen molar-refractivity contribution in [2.24, 2.45) is 0 Å². The summed E-state index contributed by atoms with van der Waals surface area (Å²) in [5.41, 5.74) is 4.43. The molecular formula is C21H22N4OS. The van der Waals surface area contributed by atoms with Crippen LogP contribution in [0, 0.1) is 13.8 Å². The van der Waals surface area contributed by atoms with Gasteiger partial charge in [-0.15, -0.1) is 10.2 Å². The van der Waals surface area contributed by atoms with Crippen molar-refractivity contribution in [2.75, 3.05) is 0 Å². The smallest absolute Gasteiger partial charge is 0.196 e.